The second-order valence-electron chi connectivity index (χ2n) is 2.83. The molecular formula is C11H11BrFNO. The Kier molecular flexibility index (Phi) is 5.16. The molecule has 1 N–H and O–H groups in total. The molecule has 0 amide bonds. The number of hydrogen-bond acceptors (Lipinski definition) is 2. The van der Waals surface area contributed by atoms with Gasteiger partial charge in [0.25, 0.3) is 0 Å². The van der Waals surface area contributed by atoms with Gasteiger partial charge in [-0.1, -0.05) is 21.9 Å². The van der Waals surface area contributed by atoms with Crippen LogP contribution in [0.5, 0.6) is 5.75 Å². The summed E-state index contributed by atoms with van der Waals surface area (Å²) in [5, 5.41) is 2.97. The van der Waals surface area contributed by atoms with Gasteiger partial charge < -0.3 is 10.1 Å². The molecule has 0 radical (unpaired) electrons. The first-order valence-corrected chi connectivity index (χ1v) is 5.25. The third-order valence-electron chi connectivity index (χ3n) is 1.61. The van der Waals surface area contributed by atoms with Gasteiger partial charge >= 0.3 is 0 Å². The Morgan fingerprint density at radius 2 is 2.27 bits per heavy atom. The third-order valence-corrected chi connectivity index (χ3v) is 2.07. The number of terminal acetylenes is 1. The van der Waals surface area contributed by atoms with Crippen LogP contribution < -0.4 is 10.1 Å². The predicted octanol–water partition coefficient (Wildman–Crippen LogP) is 2.19. The van der Waals surface area contributed by atoms with Crippen molar-refractivity contribution in [2.24, 2.45) is 0 Å². The first-order valence-electron chi connectivity index (χ1n) is 4.45. The summed E-state index contributed by atoms with van der Waals surface area (Å²) >= 11 is 3.18. The fourth-order valence-corrected chi connectivity index (χ4v) is 1.46. The molecule has 0 aliphatic rings. The van der Waals surface area contributed by atoms with Gasteiger partial charge in [0.1, 0.15) is 18.2 Å². The third kappa shape index (κ3) is 4.82. The summed E-state index contributed by atoms with van der Waals surface area (Å²) in [6.45, 7) is 1.60. The Hall–Kier alpha value is -1.05. The summed E-state index contributed by atoms with van der Waals surface area (Å²) in [5.41, 5.74) is 0. The molecule has 80 valence electrons. The highest BCUT2D eigenvalue weighted by Crippen LogP contribution is 2.20. The van der Waals surface area contributed by atoms with Crippen molar-refractivity contribution in [3.63, 3.8) is 0 Å². The molecule has 0 atom stereocenters. The largest absolute Gasteiger partial charge is 0.492 e. The summed E-state index contributed by atoms with van der Waals surface area (Å²) in [6.07, 6.45) is 5.05. The maximum absolute atomic E-state index is 12.9. The van der Waals surface area contributed by atoms with Crippen molar-refractivity contribution in [1.29, 1.82) is 0 Å². The van der Waals surface area contributed by atoms with Crippen molar-refractivity contribution < 1.29 is 9.13 Å². The number of benzene rings is 1. The minimum atomic E-state index is -0.323. The van der Waals surface area contributed by atoms with Gasteiger partial charge in [0.05, 0.1) is 6.54 Å². The zero-order valence-electron chi connectivity index (χ0n) is 8.09. The van der Waals surface area contributed by atoms with E-state index < -0.39 is 0 Å². The molecule has 0 aliphatic heterocycles. The fourth-order valence-electron chi connectivity index (χ4n) is 1.01. The van der Waals surface area contributed by atoms with Crippen LogP contribution in [0.25, 0.3) is 0 Å². The lowest BCUT2D eigenvalue weighted by Gasteiger charge is -2.06. The van der Waals surface area contributed by atoms with Crippen molar-refractivity contribution in [1.82, 2.24) is 5.32 Å². The van der Waals surface area contributed by atoms with Crippen LogP contribution in [0, 0.1) is 18.2 Å². The monoisotopic (exact) mass is 271 g/mol. The molecule has 0 bridgehead atoms. The highest BCUT2D eigenvalue weighted by molar-refractivity contribution is 9.10. The van der Waals surface area contributed by atoms with Crippen LogP contribution in [0.1, 0.15) is 0 Å². The van der Waals surface area contributed by atoms with Gasteiger partial charge in [0.15, 0.2) is 0 Å². The minimum absolute atomic E-state index is 0.323. The van der Waals surface area contributed by atoms with Crippen molar-refractivity contribution >= 4 is 15.9 Å². The van der Waals surface area contributed by atoms with Gasteiger partial charge in [0, 0.05) is 17.1 Å². The van der Waals surface area contributed by atoms with Crippen molar-refractivity contribution in [2.45, 2.75) is 0 Å². The van der Waals surface area contributed by atoms with E-state index in [1.807, 2.05) is 0 Å². The number of ether oxygens (including phenoxy) is 1. The van der Waals surface area contributed by atoms with E-state index in [2.05, 4.69) is 27.2 Å². The molecule has 2 nitrogen and oxygen atoms in total. The van der Waals surface area contributed by atoms with E-state index in [0.29, 0.717) is 29.9 Å². The molecule has 1 aromatic carbocycles. The van der Waals surface area contributed by atoms with Gasteiger partial charge in [-0.25, -0.2) is 4.39 Å². The Bertz CT molecular complexity index is 342. The SMILES string of the molecule is C#CCNCCOc1cc(F)cc(Br)c1. The average molecular weight is 272 g/mol. The van der Waals surface area contributed by atoms with E-state index in [4.69, 9.17) is 11.2 Å². The van der Waals surface area contributed by atoms with Crippen LogP contribution in [0.3, 0.4) is 0 Å². The number of nitrogens with one attached hydrogen (secondary N) is 1. The lowest BCUT2D eigenvalue weighted by atomic mass is 10.3. The molecule has 1 aromatic rings. The van der Waals surface area contributed by atoms with E-state index in [1.165, 1.54) is 12.1 Å². The maximum Gasteiger partial charge on any atom is 0.128 e. The second kappa shape index (κ2) is 6.44. The van der Waals surface area contributed by atoms with Crippen LogP contribution in [0.2, 0.25) is 0 Å². The first-order chi connectivity index (χ1) is 7.22. The highest BCUT2D eigenvalue weighted by Gasteiger charge is 1.99. The Balaban J connectivity index is 2.34. The van der Waals surface area contributed by atoms with Gasteiger partial charge in [0.2, 0.25) is 0 Å². The molecule has 0 spiro atoms. The first kappa shape index (κ1) is 12.0. The molecular weight excluding hydrogens is 261 g/mol. The predicted molar refractivity (Wildman–Crippen MR) is 61.3 cm³/mol. The molecule has 15 heavy (non-hydrogen) atoms. The summed E-state index contributed by atoms with van der Waals surface area (Å²) in [5.74, 6) is 2.63. The molecule has 4 heteroatoms. The molecule has 0 fully saturated rings. The Morgan fingerprint density at radius 3 is 2.93 bits per heavy atom. The number of halogens is 2. The minimum Gasteiger partial charge on any atom is -0.492 e. The highest BCUT2D eigenvalue weighted by atomic mass is 79.9. The maximum atomic E-state index is 12.9. The zero-order chi connectivity index (χ0) is 11.1. The number of rotatable bonds is 5. The molecule has 1 rings (SSSR count). The van der Waals surface area contributed by atoms with Crippen LogP contribution in [0.4, 0.5) is 4.39 Å². The molecule has 0 aliphatic carbocycles. The van der Waals surface area contributed by atoms with Crippen molar-refractivity contribution in [3.05, 3.63) is 28.5 Å². The van der Waals surface area contributed by atoms with Gasteiger partial charge in [-0.05, 0) is 12.1 Å². The zero-order valence-corrected chi connectivity index (χ0v) is 9.68. The van der Waals surface area contributed by atoms with Gasteiger partial charge in [-0.3, -0.25) is 0 Å². The van der Waals surface area contributed by atoms with Crippen molar-refractivity contribution in [2.75, 3.05) is 19.7 Å². The van der Waals surface area contributed by atoms with Gasteiger partial charge in [-0.15, -0.1) is 6.42 Å². The number of hydrogen-bond donors (Lipinski definition) is 1. The Morgan fingerprint density at radius 1 is 1.47 bits per heavy atom. The van der Waals surface area contributed by atoms with E-state index in [9.17, 15) is 4.39 Å². The normalized spacial score (nSPS) is 9.67. The standard InChI is InChI=1S/C11H11BrFNO/c1-2-3-14-4-5-15-11-7-9(12)6-10(13)8-11/h1,6-8,14H,3-5H2. The fraction of sp³-hybridized carbons (Fsp3) is 0.273. The Labute approximate surface area is 97.0 Å². The van der Waals surface area contributed by atoms with Crippen LogP contribution in [-0.4, -0.2) is 19.7 Å². The molecule has 0 saturated carbocycles. The summed E-state index contributed by atoms with van der Waals surface area (Å²) in [7, 11) is 0. The van der Waals surface area contributed by atoms with E-state index in [0.717, 1.165) is 0 Å². The topological polar surface area (TPSA) is 21.3 Å². The molecule has 0 aromatic heterocycles. The van der Waals surface area contributed by atoms with E-state index in [1.54, 1.807) is 6.07 Å². The van der Waals surface area contributed by atoms with Crippen LogP contribution >= 0.6 is 15.9 Å². The lowest BCUT2D eigenvalue weighted by Crippen LogP contribution is -2.21. The second-order valence-corrected chi connectivity index (χ2v) is 3.75. The molecule has 0 heterocycles. The van der Waals surface area contributed by atoms with Crippen LogP contribution in [-0.2, 0) is 0 Å². The molecule has 0 saturated heterocycles. The quantitative estimate of drug-likeness (QED) is 0.655. The smallest absolute Gasteiger partial charge is 0.128 e. The van der Waals surface area contributed by atoms with E-state index in [-0.39, 0.29) is 5.82 Å². The summed E-state index contributed by atoms with van der Waals surface area (Å²) in [4.78, 5) is 0. The van der Waals surface area contributed by atoms with E-state index >= 15 is 0 Å². The summed E-state index contributed by atoms with van der Waals surface area (Å²) in [6, 6.07) is 4.43. The average Bonchev–Trinajstić information content (AvgIpc) is 2.16. The lowest BCUT2D eigenvalue weighted by molar-refractivity contribution is 0.315. The van der Waals surface area contributed by atoms with Gasteiger partial charge in [-0.2, -0.15) is 0 Å². The van der Waals surface area contributed by atoms with Crippen molar-refractivity contribution in [3.8, 4) is 18.1 Å². The van der Waals surface area contributed by atoms with Crippen LogP contribution in [0.15, 0.2) is 22.7 Å². The molecule has 0 unspecified atom stereocenters. The summed E-state index contributed by atoms with van der Waals surface area (Å²) < 4.78 is 18.9.